The summed E-state index contributed by atoms with van der Waals surface area (Å²) in [4.78, 5) is 1.80. The second-order valence-corrected chi connectivity index (χ2v) is 3.88. The van der Waals surface area contributed by atoms with Crippen LogP contribution in [0.5, 0.6) is 0 Å². The maximum Gasteiger partial charge on any atom is 0.0199 e. The van der Waals surface area contributed by atoms with Crippen molar-refractivity contribution in [1.29, 1.82) is 0 Å². The second kappa shape index (κ2) is 3.87. The molecular weight excluding hydrogens is 184 g/mol. The molecule has 0 aliphatic rings. The SMILES string of the molecule is CC(=S)c1ccccc1C(C)=S. The predicted octanol–water partition coefficient (Wildman–Crippen LogP) is 3.16. The van der Waals surface area contributed by atoms with Gasteiger partial charge in [-0.1, -0.05) is 48.7 Å². The molecule has 0 aromatic heterocycles. The second-order valence-electron chi connectivity index (χ2n) is 2.66. The fourth-order valence-corrected chi connectivity index (χ4v) is 1.45. The summed E-state index contributed by atoms with van der Waals surface area (Å²) in [5.74, 6) is 0. The summed E-state index contributed by atoms with van der Waals surface area (Å²) < 4.78 is 0. The molecule has 0 aliphatic carbocycles. The van der Waals surface area contributed by atoms with Gasteiger partial charge in [-0.05, 0) is 25.0 Å². The Morgan fingerprint density at radius 1 is 0.917 bits per heavy atom. The Morgan fingerprint density at radius 2 is 1.25 bits per heavy atom. The van der Waals surface area contributed by atoms with E-state index >= 15 is 0 Å². The minimum absolute atomic E-state index is 0.898. The zero-order valence-electron chi connectivity index (χ0n) is 7.13. The standard InChI is InChI=1S/C10H10S2/c1-7(11)9-5-3-4-6-10(9)8(2)12/h3-6H,1-2H3. The van der Waals surface area contributed by atoms with E-state index in [1.54, 1.807) is 0 Å². The van der Waals surface area contributed by atoms with Crippen molar-refractivity contribution in [2.24, 2.45) is 0 Å². The van der Waals surface area contributed by atoms with Crippen LogP contribution >= 0.6 is 24.4 Å². The molecule has 62 valence electrons. The third-order valence-corrected chi connectivity index (χ3v) is 2.13. The Labute approximate surface area is 83.6 Å². The van der Waals surface area contributed by atoms with Crippen molar-refractivity contribution in [2.75, 3.05) is 0 Å². The Balaban J connectivity index is 3.27. The fourth-order valence-electron chi connectivity index (χ4n) is 1.10. The molecule has 0 heterocycles. The quantitative estimate of drug-likeness (QED) is 0.524. The van der Waals surface area contributed by atoms with Crippen molar-refractivity contribution < 1.29 is 0 Å². The summed E-state index contributed by atoms with van der Waals surface area (Å²) >= 11 is 10.2. The number of benzene rings is 1. The highest BCUT2D eigenvalue weighted by Crippen LogP contribution is 2.11. The Morgan fingerprint density at radius 3 is 1.50 bits per heavy atom. The van der Waals surface area contributed by atoms with Gasteiger partial charge in [-0.2, -0.15) is 0 Å². The fraction of sp³-hybridized carbons (Fsp3) is 0.200. The van der Waals surface area contributed by atoms with Gasteiger partial charge in [-0.3, -0.25) is 0 Å². The van der Waals surface area contributed by atoms with Crippen molar-refractivity contribution in [1.82, 2.24) is 0 Å². The monoisotopic (exact) mass is 194 g/mol. The molecule has 2 heteroatoms. The van der Waals surface area contributed by atoms with Gasteiger partial charge in [0.15, 0.2) is 0 Å². The van der Waals surface area contributed by atoms with Gasteiger partial charge in [-0.15, -0.1) is 0 Å². The van der Waals surface area contributed by atoms with Crippen LogP contribution < -0.4 is 0 Å². The van der Waals surface area contributed by atoms with E-state index in [2.05, 4.69) is 0 Å². The first-order chi connectivity index (χ1) is 5.63. The normalized spacial score (nSPS) is 9.50. The van der Waals surface area contributed by atoms with Crippen LogP contribution in [0.3, 0.4) is 0 Å². The van der Waals surface area contributed by atoms with Crippen molar-refractivity contribution in [3.8, 4) is 0 Å². The third-order valence-electron chi connectivity index (χ3n) is 1.69. The molecule has 0 saturated heterocycles. The smallest absolute Gasteiger partial charge is 0.0199 e. The summed E-state index contributed by atoms with van der Waals surface area (Å²) in [6.07, 6.45) is 0. The predicted molar refractivity (Wildman–Crippen MR) is 61.2 cm³/mol. The maximum atomic E-state index is 5.11. The van der Waals surface area contributed by atoms with Gasteiger partial charge in [0.05, 0.1) is 0 Å². The van der Waals surface area contributed by atoms with Gasteiger partial charge in [0.25, 0.3) is 0 Å². The van der Waals surface area contributed by atoms with Gasteiger partial charge in [0, 0.05) is 9.73 Å². The van der Waals surface area contributed by atoms with Gasteiger partial charge in [0.2, 0.25) is 0 Å². The molecule has 0 radical (unpaired) electrons. The number of hydrogen-bond acceptors (Lipinski definition) is 2. The Kier molecular flexibility index (Phi) is 3.06. The molecule has 0 amide bonds. The molecule has 0 unspecified atom stereocenters. The molecule has 0 fully saturated rings. The van der Waals surface area contributed by atoms with E-state index in [-0.39, 0.29) is 0 Å². The van der Waals surface area contributed by atoms with Crippen LogP contribution in [0.2, 0.25) is 0 Å². The van der Waals surface area contributed by atoms with E-state index in [4.69, 9.17) is 24.4 Å². The van der Waals surface area contributed by atoms with E-state index in [1.165, 1.54) is 0 Å². The summed E-state index contributed by atoms with van der Waals surface area (Å²) in [5.41, 5.74) is 2.17. The topological polar surface area (TPSA) is 0 Å². The molecule has 1 aromatic rings. The van der Waals surface area contributed by atoms with Crippen LogP contribution in [-0.2, 0) is 0 Å². The molecular formula is C10H10S2. The maximum absolute atomic E-state index is 5.11. The summed E-state index contributed by atoms with van der Waals surface area (Å²) in [6.45, 7) is 3.85. The van der Waals surface area contributed by atoms with Crippen LogP contribution in [-0.4, -0.2) is 9.73 Å². The third kappa shape index (κ3) is 1.96. The van der Waals surface area contributed by atoms with Crippen molar-refractivity contribution >= 4 is 34.2 Å². The van der Waals surface area contributed by atoms with E-state index in [1.807, 2.05) is 38.1 Å². The first kappa shape index (κ1) is 9.49. The summed E-state index contributed by atoms with van der Waals surface area (Å²) in [6, 6.07) is 7.97. The number of hydrogen-bond donors (Lipinski definition) is 0. The summed E-state index contributed by atoms with van der Waals surface area (Å²) in [7, 11) is 0. The van der Waals surface area contributed by atoms with Crippen LogP contribution in [0.15, 0.2) is 24.3 Å². The molecule has 0 bridgehead atoms. The minimum atomic E-state index is 0.898. The first-order valence-electron chi connectivity index (χ1n) is 3.74. The molecule has 0 atom stereocenters. The zero-order chi connectivity index (χ0) is 9.14. The van der Waals surface area contributed by atoms with Crippen molar-refractivity contribution in [3.05, 3.63) is 35.4 Å². The molecule has 1 rings (SSSR count). The highest BCUT2D eigenvalue weighted by molar-refractivity contribution is 7.81. The van der Waals surface area contributed by atoms with E-state index in [9.17, 15) is 0 Å². The molecule has 0 N–H and O–H groups in total. The highest BCUT2D eigenvalue weighted by Gasteiger charge is 2.03. The highest BCUT2D eigenvalue weighted by atomic mass is 32.1. The van der Waals surface area contributed by atoms with Crippen LogP contribution in [0.1, 0.15) is 25.0 Å². The molecule has 0 aliphatic heterocycles. The number of rotatable bonds is 2. The lowest BCUT2D eigenvalue weighted by molar-refractivity contribution is 1.60. The van der Waals surface area contributed by atoms with Crippen molar-refractivity contribution in [2.45, 2.75) is 13.8 Å². The van der Waals surface area contributed by atoms with Gasteiger partial charge in [0.1, 0.15) is 0 Å². The van der Waals surface area contributed by atoms with Crippen molar-refractivity contribution in [3.63, 3.8) is 0 Å². The average Bonchev–Trinajstić information content (AvgIpc) is 2.04. The van der Waals surface area contributed by atoms with Crippen LogP contribution in [0.4, 0.5) is 0 Å². The molecule has 0 nitrogen and oxygen atoms in total. The molecule has 12 heavy (non-hydrogen) atoms. The first-order valence-corrected chi connectivity index (χ1v) is 4.55. The van der Waals surface area contributed by atoms with E-state index < -0.39 is 0 Å². The van der Waals surface area contributed by atoms with Gasteiger partial charge < -0.3 is 0 Å². The summed E-state index contributed by atoms with van der Waals surface area (Å²) in [5, 5.41) is 0. The lowest BCUT2D eigenvalue weighted by Crippen LogP contribution is -2.01. The van der Waals surface area contributed by atoms with Crippen LogP contribution in [0, 0.1) is 0 Å². The lowest BCUT2D eigenvalue weighted by atomic mass is 10.0. The van der Waals surface area contributed by atoms with Gasteiger partial charge in [-0.25, -0.2) is 0 Å². The average molecular weight is 194 g/mol. The molecule has 0 spiro atoms. The number of thiocarbonyl (C=S) groups is 2. The Bertz CT molecular complexity index is 293. The zero-order valence-corrected chi connectivity index (χ0v) is 8.76. The molecule has 1 aromatic carbocycles. The minimum Gasteiger partial charge on any atom is -0.0846 e. The van der Waals surface area contributed by atoms with Gasteiger partial charge >= 0.3 is 0 Å². The van der Waals surface area contributed by atoms with Crippen LogP contribution in [0.25, 0.3) is 0 Å². The molecule has 0 saturated carbocycles. The Hall–Kier alpha value is -0.600. The van der Waals surface area contributed by atoms with E-state index in [0.717, 1.165) is 20.9 Å². The van der Waals surface area contributed by atoms with E-state index in [0.29, 0.717) is 0 Å². The largest absolute Gasteiger partial charge is 0.0846 e. The lowest BCUT2D eigenvalue weighted by Gasteiger charge is -2.05.